The minimum absolute atomic E-state index is 0.0434. The van der Waals surface area contributed by atoms with Crippen molar-refractivity contribution >= 4 is 21.6 Å². The Morgan fingerprint density at radius 2 is 1.63 bits per heavy atom. The van der Waals surface area contributed by atoms with E-state index in [1.54, 1.807) is 0 Å². The second-order valence-corrected chi connectivity index (χ2v) is 9.46. The summed E-state index contributed by atoms with van der Waals surface area (Å²) in [4.78, 5) is 16.7. The molecular formula is C22H28FN3O3S. The number of anilines is 1. The molecule has 0 bridgehead atoms. The minimum atomic E-state index is -3.51. The van der Waals surface area contributed by atoms with Crippen molar-refractivity contribution in [1.82, 2.24) is 9.80 Å². The molecule has 1 aliphatic heterocycles. The van der Waals surface area contributed by atoms with Gasteiger partial charge in [0.1, 0.15) is 5.82 Å². The summed E-state index contributed by atoms with van der Waals surface area (Å²) in [5, 5.41) is 0. The van der Waals surface area contributed by atoms with Crippen LogP contribution in [0.3, 0.4) is 0 Å². The summed E-state index contributed by atoms with van der Waals surface area (Å²) >= 11 is 0. The molecule has 1 heterocycles. The largest absolute Gasteiger partial charge is 0.340 e. The van der Waals surface area contributed by atoms with E-state index >= 15 is 0 Å². The molecule has 0 spiro atoms. The van der Waals surface area contributed by atoms with Gasteiger partial charge < -0.3 is 4.90 Å². The maximum absolute atomic E-state index is 13.1. The van der Waals surface area contributed by atoms with E-state index in [9.17, 15) is 17.6 Å². The maximum Gasteiger partial charge on any atom is 0.232 e. The average Bonchev–Trinajstić information content (AvgIpc) is 2.72. The Kier molecular flexibility index (Phi) is 7.44. The zero-order chi connectivity index (χ0) is 21.6. The van der Waals surface area contributed by atoms with Crippen molar-refractivity contribution < 1.29 is 17.6 Å². The van der Waals surface area contributed by atoms with Crippen LogP contribution >= 0.6 is 0 Å². The van der Waals surface area contributed by atoms with Crippen molar-refractivity contribution in [2.75, 3.05) is 43.3 Å². The molecule has 1 amide bonds. The molecule has 0 radical (unpaired) electrons. The molecule has 6 nitrogen and oxygen atoms in total. The topological polar surface area (TPSA) is 60.9 Å². The highest BCUT2D eigenvalue weighted by Gasteiger charge is 2.22. The third-order valence-corrected chi connectivity index (χ3v) is 6.43. The van der Waals surface area contributed by atoms with Crippen molar-refractivity contribution in [3.8, 4) is 0 Å². The number of piperazine rings is 1. The first kappa shape index (κ1) is 22.2. The molecule has 3 rings (SSSR count). The van der Waals surface area contributed by atoms with E-state index in [0.717, 1.165) is 25.9 Å². The van der Waals surface area contributed by atoms with Gasteiger partial charge >= 0.3 is 0 Å². The fourth-order valence-corrected chi connectivity index (χ4v) is 4.59. The summed E-state index contributed by atoms with van der Waals surface area (Å²) < 4.78 is 38.6. The molecule has 1 aliphatic rings. The molecule has 0 N–H and O–H groups in total. The molecule has 0 aromatic heterocycles. The second-order valence-electron chi connectivity index (χ2n) is 7.56. The smallest absolute Gasteiger partial charge is 0.232 e. The standard InChI is InChI=1S/C22H28FN3O3S/c1-30(28,29)26(21-11-9-20(23)10-12-21)13-5-8-22(27)25-16-14-24(15-17-25)18-19-6-3-2-4-7-19/h2-4,6-7,9-12H,5,8,13-18H2,1H3. The summed E-state index contributed by atoms with van der Waals surface area (Å²) in [7, 11) is -3.51. The van der Waals surface area contributed by atoms with E-state index in [-0.39, 0.29) is 18.9 Å². The first-order chi connectivity index (χ1) is 14.3. The molecule has 0 unspecified atom stereocenters. The molecule has 30 heavy (non-hydrogen) atoms. The highest BCUT2D eigenvalue weighted by Crippen LogP contribution is 2.19. The van der Waals surface area contributed by atoms with E-state index in [1.165, 1.54) is 34.1 Å². The quantitative estimate of drug-likeness (QED) is 0.642. The third-order valence-electron chi connectivity index (χ3n) is 5.24. The van der Waals surface area contributed by atoms with Crippen LogP contribution in [0.15, 0.2) is 54.6 Å². The zero-order valence-electron chi connectivity index (χ0n) is 17.2. The Morgan fingerprint density at radius 3 is 2.23 bits per heavy atom. The number of hydrogen-bond acceptors (Lipinski definition) is 4. The number of rotatable bonds is 8. The molecule has 0 aliphatic carbocycles. The van der Waals surface area contributed by atoms with Gasteiger partial charge in [-0.05, 0) is 36.2 Å². The van der Waals surface area contributed by atoms with Gasteiger partial charge in [0.05, 0.1) is 11.9 Å². The van der Waals surface area contributed by atoms with Gasteiger partial charge in [-0.2, -0.15) is 0 Å². The average molecular weight is 434 g/mol. The van der Waals surface area contributed by atoms with Gasteiger partial charge in [0.25, 0.3) is 0 Å². The maximum atomic E-state index is 13.1. The Bertz CT molecular complexity index is 928. The van der Waals surface area contributed by atoms with Crippen LogP contribution in [0.5, 0.6) is 0 Å². The molecule has 1 fully saturated rings. The van der Waals surface area contributed by atoms with Crippen molar-refractivity contribution in [3.05, 3.63) is 66.0 Å². The van der Waals surface area contributed by atoms with Crippen LogP contribution in [-0.2, 0) is 21.4 Å². The van der Waals surface area contributed by atoms with E-state index < -0.39 is 15.8 Å². The van der Waals surface area contributed by atoms with Gasteiger partial charge in [-0.25, -0.2) is 12.8 Å². The molecule has 2 aromatic rings. The van der Waals surface area contributed by atoms with Gasteiger partial charge in [-0.3, -0.25) is 14.0 Å². The Labute approximate surface area is 177 Å². The predicted molar refractivity (Wildman–Crippen MR) is 116 cm³/mol. The van der Waals surface area contributed by atoms with Crippen molar-refractivity contribution in [2.45, 2.75) is 19.4 Å². The van der Waals surface area contributed by atoms with E-state index in [0.29, 0.717) is 25.2 Å². The summed E-state index contributed by atoms with van der Waals surface area (Å²) in [5.41, 5.74) is 1.67. The number of carbonyl (C=O) groups is 1. The van der Waals surface area contributed by atoms with Crippen molar-refractivity contribution in [2.24, 2.45) is 0 Å². The molecule has 1 saturated heterocycles. The highest BCUT2D eigenvalue weighted by atomic mass is 32.2. The van der Waals surface area contributed by atoms with Crippen LogP contribution < -0.4 is 4.31 Å². The number of nitrogens with zero attached hydrogens (tertiary/aromatic N) is 3. The number of hydrogen-bond donors (Lipinski definition) is 0. The number of amides is 1. The Morgan fingerprint density at radius 1 is 1.00 bits per heavy atom. The first-order valence-corrected chi connectivity index (χ1v) is 11.9. The van der Waals surface area contributed by atoms with Crippen molar-refractivity contribution in [1.29, 1.82) is 0 Å². The van der Waals surface area contributed by atoms with Crippen LogP contribution in [0, 0.1) is 5.82 Å². The molecule has 0 atom stereocenters. The number of carbonyl (C=O) groups excluding carboxylic acids is 1. The highest BCUT2D eigenvalue weighted by molar-refractivity contribution is 7.92. The van der Waals surface area contributed by atoms with Crippen LogP contribution in [0.2, 0.25) is 0 Å². The molecule has 8 heteroatoms. The SMILES string of the molecule is CS(=O)(=O)N(CCCC(=O)N1CCN(Cc2ccccc2)CC1)c1ccc(F)cc1. The van der Waals surface area contributed by atoms with Gasteiger partial charge in [-0.15, -0.1) is 0 Å². The van der Waals surface area contributed by atoms with E-state index in [4.69, 9.17) is 0 Å². The molecule has 162 valence electrons. The molecule has 0 saturated carbocycles. The summed E-state index contributed by atoms with van der Waals surface area (Å²) in [6.07, 6.45) is 1.81. The van der Waals surface area contributed by atoms with Crippen LogP contribution in [-0.4, -0.2) is 63.1 Å². The zero-order valence-corrected chi connectivity index (χ0v) is 18.0. The lowest BCUT2D eigenvalue weighted by molar-refractivity contribution is -0.133. The summed E-state index contributed by atoms with van der Waals surface area (Å²) in [6.45, 7) is 4.07. The van der Waals surface area contributed by atoms with E-state index in [1.807, 2.05) is 23.1 Å². The number of benzene rings is 2. The Balaban J connectivity index is 1.46. The minimum Gasteiger partial charge on any atom is -0.340 e. The van der Waals surface area contributed by atoms with Crippen LogP contribution in [0.1, 0.15) is 18.4 Å². The lowest BCUT2D eigenvalue weighted by Crippen LogP contribution is -2.48. The van der Waals surface area contributed by atoms with Gasteiger partial charge in [0, 0.05) is 45.7 Å². The van der Waals surface area contributed by atoms with Crippen molar-refractivity contribution in [3.63, 3.8) is 0 Å². The fourth-order valence-electron chi connectivity index (χ4n) is 3.62. The molecule has 2 aromatic carbocycles. The van der Waals surface area contributed by atoms with Crippen LogP contribution in [0.4, 0.5) is 10.1 Å². The first-order valence-electron chi connectivity index (χ1n) is 10.1. The fraction of sp³-hybridized carbons (Fsp3) is 0.409. The molecular weight excluding hydrogens is 405 g/mol. The normalized spacial score (nSPS) is 15.2. The number of sulfonamides is 1. The second kappa shape index (κ2) is 10.0. The number of halogens is 1. The van der Waals surface area contributed by atoms with Gasteiger partial charge in [0.2, 0.25) is 15.9 Å². The third kappa shape index (κ3) is 6.27. The lowest BCUT2D eigenvalue weighted by Gasteiger charge is -2.35. The summed E-state index contributed by atoms with van der Waals surface area (Å²) in [5.74, 6) is -0.379. The lowest BCUT2D eigenvalue weighted by atomic mass is 10.2. The Hall–Kier alpha value is -2.45. The van der Waals surface area contributed by atoms with Gasteiger partial charge in [-0.1, -0.05) is 30.3 Å². The van der Waals surface area contributed by atoms with Gasteiger partial charge in [0.15, 0.2) is 0 Å². The van der Waals surface area contributed by atoms with E-state index in [2.05, 4.69) is 17.0 Å². The monoisotopic (exact) mass is 433 g/mol. The predicted octanol–water partition coefficient (Wildman–Crippen LogP) is 2.72. The summed E-state index contributed by atoms with van der Waals surface area (Å²) in [6, 6.07) is 15.6. The van der Waals surface area contributed by atoms with Crippen LogP contribution in [0.25, 0.3) is 0 Å².